The first-order valence-corrected chi connectivity index (χ1v) is 9.71. The third-order valence-electron chi connectivity index (χ3n) is 4.22. The normalized spacial score (nSPS) is 14.5. The number of hydrogen-bond donors (Lipinski definition) is 1. The van der Waals surface area contributed by atoms with Gasteiger partial charge in [-0.05, 0) is 30.8 Å². The van der Waals surface area contributed by atoms with E-state index in [1.54, 1.807) is 0 Å². The smallest absolute Gasteiger partial charge is 0.210 e. The van der Waals surface area contributed by atoms with Gasteiger partial charge in [0.15, 0.2) is 3.95 Å². The van der Waals surface area contributed by atoms with E-state index in [1.807, 2.05) is 35.1 Å². The molecule has 2 aromatic rings. The predicted molar refractivity (Wildman–Crippen MR) is 106 cm³/mol. The summed E-state index contributed by atoms with van der Waals surface area (Å²) in [5.74, 6) is 0.283. The van der Waals surface area contributed by atoms with Crippen molar-refractivity contribution >= 4 is 47.1 Å². The molecular weight excluding hydrogens is 336 g/mol. The van der Waals surface area contributed by atoms with Crippen LogP contribution in [0.25, 0.3) is 11.6 Å². The van der Waals surface area contributed by atoms with Crippen molar-refractivity contribution in [1.29, 1.82) is 0 Å². The Hall–Kier alpha value is -1.72. The van der Waals surface area contributed by atoms with Crippen molar-refractivity contribution in [1.82, 2.24) is 4.57 Å². The summed E-state index contributed by atoms with van der Waals surface area (Å²) in [6.45, 7) is 3.00. The molecule has 3 nitrogen and oxygen atoms in total. The Kier molecular flexibility index (Phi) is 5.63. The van der Waals surface area contributed by atoms with Gasteiger partial charge in [0.2, 0.25) is 5.88 Å². The largest absolute Gasteiger partial charge is 0.493 e. The number of allylic oxidation sites excluding steroid dienone is 1. The molecule has 0 radical (unpaired) electrons. The van der Waals surface area contributed by atoms with E-state index in [9.17, 15) is 5.11 Å². The molecule has 5 heteroatoms. The van der Waals surface area contributed by atoms with Crippen LogP contribution in [0.1, 0.15) is 49.5 Å². The maximum absolute atomic E-state index is 10.5. The van der Waals surface area contributed by atoms with Crippen LogP contribution in [0.4, 0.5) is 5.69 Å². The lowest BCUT2D eigenvalue weighted by Gasteiger charge is -2.04. The minimum Gasteiger partial charge on any atom is -0.493 e. The van der Waals surface area contributed by atoms with Gasteiger partial charge >= 0.3 is 0 Å². The second kappa shape index (κ2) is 7.90. The minimum atomic E-state index is 0.283. The molecule has 1 aliphatic heterocycles. The van der Waals surface area contributed by atoms with E-state index in [4.69, 9.17) is 12.2 Å². The van der Waals surface area contributed by atoms with Crippen LogP contribution < -0.4 is 0 Å². The van der Waals surface area contributed by atoms with Gasteiger partial charge in [-0.15, -0.1) is 11.3 Å². The molecule has 0 saturated carbocycles. The number of benzene rings is 1. The Bertz CT molecular complexity index is 830. The Morgan fingerprint density at radius 1 is 1.21 bits per heavy atom. The van der Waals surface area contributed by atoms with Crippen molar-refractivity contribution in [2.75, 3.05) is 0 Å². The fourth-order valence-electron chi connectivity index (χ4n) is 2.87. The minimum absolute atomic E-state index is 0.283. The van der Waals surface area contributed by atoms with Crippen LogP contribution >= 0.6 is 23.6 Å². The highest BCUT2D eigenvalue weighted by atomic mass is 32.1. The van der Waals surface area contributed by atoms with Crippen molar-refractivity contribution in [2.24, 2.45) is 4.99 Å². The SMILES string of the molecule is CCCCCCCn1c(O)c(/C=C2\C=Nc3ccccc32)sc1=S. The zero-order chi connectivity index (χ0) is 16.9. The zero-order valence-electron chi connectivity index (χ0n) is 13.9. The summed E-state index contributed by atoms with van der Waals surface area (Å²) in [4.78, 5) is 5.22. The number of rotatable bonds is 7. The first-order chi connectivity index (χ1) is 11.7. The third kappa shape index (κ3) is 3.68. The van der Waals surface area contributed by atoms with E-state index in [-0.39, 0.29) is 5.88 Å². The van der Waals surface area contributed by atoms with Crippen LogP contribution in [0.3, 0.4) is 0 Å². The summed E-state index contributed by atoms with van der Waals surface area (Å²) in [7, 11) is 0. The van der Waals surface area contributed by atoms with Crippen LogP contribution in [0.15, 0.2) is 29.3 Å². The topological polar surface area (TPSA) is 37.5 Å². The fraction of sp³-hybridized carbons (Fsp3) is 0.368. The third-order valence-corrected chi connectivity index (χ3v) is 5.61. The summed E-state index contributed by atoms with van der Waals surface area (Å²) < 4.78 is 2.59. The van der Waals surface area contributed by atoms with E-state index >= 15 is 0 Å². The van der Waals surface area contributed by atoms with E-state index < -0.39 is 0 Å². The number of fused-ring (bicyclic) bond motifs is 1. The number of aromatic hydroxyl groups is 1. The van der Waals surface area contributed by atoms with Crippen LogP contribution in [0, 0.1) is 3.95 Å². The number of para-hydroxylation sites is 1. The average Bonchev–Trinajstić information content (AvgIpc) is 3.11. The van der Waals surface area contributed by atoms with Gasteiger partial charge in [-0.2, -0.15) is 0 Å². The second-order valence-corrected chi connectivity index (χ2v) is 7.67. The highest BCUT2D eigenvalue weighted by Gasteiger charge is 2.15. The summed E-state index contributed by atoms with van der Waals surface area (Å²) >= 11 is 6.90. The average molecular weight is 359 g/mol. The zero-order valence-corrected chi connectivity index (χ0v) is 15.5. The fourth-order valence-corrected chi connectivity index (χ4v) is 4.18. The highest BCUT2D eigenvalue weighted by molar-refractivity contribution is 7.73. The number of unbranched alkanes of at least 4 members (excludes halogenated alkanes) is 4. The Balaban J connectivity index is 1.77. The summed E-state index contributed by atoms with van der Waals surface area (Å²) in [5, 5.41) is 10.5. The van der Waals surface area contributed by atoms with Crippen molar-refractivity contribution in [2.45, 2.75) is 45.6 Å². The van der Waals surface area contributed by atoms with Gasteiger partial charge in [-0.1, -0.05) is 50.8 Å². The highest BCUT2D eigenvalue weighted by Crippen LogP contribution is 2.35. The van der Waals surface area contributed by atoms with Crippen LogP contribution in [0.5, 0.6) is 5.88 Å². The first kappa shape index (κ1) is 17.1. The van der Waals surface area contributed by atoms with Crippen LogP contribution in [0.2, 0.25) is 0 Å². The summed E-state index contributed by atoms with van der Waals surface area (Å²) in [6, 6.07) is 8.03. The summed E-state index contributed by atoms with van der Waals surface area (Å²) in [5.41, 5.74) is 3.09. The Morgan fingerprint density at radius 2 is 2.00 bits per heavy atom. The predicted octanol–water partition coefficient (Wildman–Crippen LogP) is 6.21. The molecule has 126 valence electrons. The molecule has 3 rings (SSSR count). The van der Waals surface area contributed by atoms with E-state index in [0.29, 0.717) is 0 Å². The number of aliphatic imine (C=N–C) groups is 1. The molecule has 1 aliphatic rings. The quantitative estimate of drug-likeness (QED) is 0.472. The van der Waals surface area contributed by atoms with Crippen LogP contribution in [-0.2, 0) is 6.54 Å². The molecule has 1 aromatic carbocycles. The molecule has 24 heavy (non-hydrogen) atoms. The van der Waals surface area contributed by atoms with E-state index in [1.165, 1.54) is 37.0 Å². The summed E-state index contributed by atoms with van der Waals surface area (Å²) in [6.07, 6.45) is 9.83. The number of nitrogens with zero attached hydrogens (tertiary/aromatic N) is 2. The van der Waals surface area contributed by atoms with Gasteiger partial charge in [0.25, 0.3) is 0 Å². The standard InChI is InChI=1S/C19H22N2OS2/c1-2-3-4-5-8-11-21-18(22)17(24-19(21)23)12-14-13-20-16-10-7-6-9-15(14)16/h6-7,9-10,12-13,22H,2-5,8,11H2,1H3/b14-12+. The molecule has 2 heterocycles. The molecule has 0 fully saturated rings. The van der Waals surface area contributed by atoms with E-state index in [0.717, 1.165) is 38.6 Å². The van der Waals surface area contributed by atoms with Gasteiger partial charge in [0.05, 0.1) is 10.6 Å². The Labute approximate surface area is 152 Å². The van der Waals surface area contributed by atoms with Crippen LogP contribution in [-0.4, -0.2) is 15.9 Å². The Morgan fingerprint density at radius 3 is 2.83 bits per heavy atom. The van der Waals surface area contributed by atoms with Gasteiger partial charge in [0.1, 0.15) is 0 Å². The lowest BCUT2D eigenvalue weighted by molar-refractivity contribution is 0.407. The maximum Gasteiger partial charge on any atom is 0.210 e. The van der Waals surface area contributed by atoms with Gasteiger partial charge in [0, 0.05) is 23.9 Å². The molecule has 1 N–H and O–H groups in total. The molecule has 0 bridgehead atoms. The monoisotopic (exact) mass is 358 g/mol. The number of hydrogen-bond acceptors (Lipinski definition) is 4. The molecular formula is C19H22N2OS2. The maximum atomic E-state index is 10.5. The van der Waals surface area contributed by atoms with Crippen molar-refractivity contribution in [3.63, 3.8) is 0 Å². The van der Waals surface area contributed by atoms with Crippen molar-refractivity contribution in [3.8, 4) is 5.88 Å². The molecule has 0 amide bonds. The van der Waals surface area contributed by atoms with Gasteiger partial charge < -0.3 is 5.11 Å². The lowest BCUT2D eigenvalue weighted by Crippen LogP contribution is -1.97. The number of aromatic nitrogens is 1. The van der Waals surface area contributed by atoms with Gasteiger partial charge in [-0.25, -0.2) is 0 Å². The van der Waals surface area contributed by atoms with E-state index in [2.05, 4.69) is 18.0 Å². The molecule has 0 unspecified atom stereocenters. The number of thiazole rings is 1. The second-order valence-electron chi connectivity index (χ2n) is 6.00. The molecule has 1 aromatic heterocycles. The molecule has 0 saturated heterocycles. The first-order valence-electron chi connectivity index (χ1n) is 8.48. The van der Waals surface area contributed by atoms with Crippen molar-refractivity contribution in [3.05, 3.63) is 38.7 Å². The molecule has 0 spiro atoms. The lowest BCUT2D eigenvalue weighted by atomic mass is 10.1. The van der Waals surface area contributed by atoms with Gasteiger partial charge in [-0.3, -0.25) is 9.56 Å². The molecule has 0 atom stereocenters. The molecule has 0 aliphatic carbocycles. The van der Waals surface area contributed by atoms with Crippen molar-refractivity contribution < 1.29 is 5.11 Å².